The van der Waals surface area contributed by atoms with E-state index in [1.54, 1.807) is 25.6 Å². The highest BCUT2D eigenvalue weighted by Gasteiger charge is 2.23. The second-order valence-corrected chi connectivity index (χ2v) is 9.84. The number of carbonyl (C=O) groups excluding carboxylic acids is 1. The highest BCUT2D eigenvalue weighted by atomic mass is 16.5. The lowest BCUT2D eigenvalue weighted by atomic mass is 9.92. The van der Waals surface area contributed by atoms with E-state index < -0.39 is 5.91 Å². The largest absolute Gasteiger partial charge is 0.481 e. The molecule has 0 bridgehead atoms. The van der Waals surface area contributed by atoms with E-state index in [2.05, 4.69) is 24.1 Å². The van der Waals surface area contributed by atoms with Crippen LogP contribution in [0.1, 0.15) is 61.5 Å². The third-order valence-corrected chi connectivity index (χ3v) is 6.97. The summed E-state index contributed by atoms with van der Waals surface area (Å²) in [5.41, 5.74) is 11.1. The average molecular weight is 501 g/mol. The Morgan fingerprint density at radius 1 is 1.14 bits per heavy atom. The summed E-state index contributed by atoms with van der Waals surface area (Å²) in [5.74, 6) is 0.204. The van der Waals surface area contributed by atoms with E-state index in [0.717, 1.165) is 59.2 Å². The van der Waals surface area contributed by atoms with Crippen LogP contribution in [-0.2, 0) is 0 Å². The molecule has 1 saturated carbocycles. The number of benzene rings is 1. The highest BCUT2D eigenvalue weighted by molar-refractivity contribution is 5.99. The number of primary amides is 1. The van der Waals surface area contributed by atoms with Crippen LogP contribution in [0.25, 0.3) is 27.8 Å². The van der Waals surface area contributed by atoms with Gasteiger partial charge in [0.25, 0.3) is 5.91 Å². The van der Waals surface area contributed by atoms with Crippen LogP contribution in [0.3, 0.4) is 0 Å². The normalized spacial score (nSPS) is 17.8. The molecule has 4 N–H and O–H groups in total. The summed E-state index contributed by atoms with van der Waals surface area (Å²) >= 11 is 0. The standard InChI is InChI=1S/C28H32N6O3/c1-16(2)26-25-21(17-4-11-24(37-3)31-15-17)12-13-30-28(25)34(33-26)19-7-10-22(27(29)36)23(14-19)32-18-5-8-20(35)9-6-18/h4,7,10-16,18,20,32,35H,5-6,8-9H2,1-3H3,(H2,29,36). The lowest BCUT2D eigenvalue weighted by Crippen LogP contribution is -2.29. The molecular formula is C28H32N6O3. The van der Waals surface area contributed by atoms with Crippen molar-refractivity contribution >= 4 is 22.6 Å². The van der Waals surface area contributed by atoms with Gasteiger partial charge in [0.1, 0.15) is 0 Å². The first-order valence-electron chi connectivity index (χ1n) is 12.6. The minimum atomic E-state index is -0.495. The Morgan fingerprint density at radius 2 is 1.92 bits per heavy atom. The lowest BCUT2D eigenvalue weighted by molar-refractivity contribution is 0.100. The molecule has 1 aliphatic carbocycles. The van der Waals surface area contributed by atoms with E-state index in [9.17, 15) is 9.90 Å². The number of methoxy groups -OCH3 is 1. The molecule has 9 heteroatoms. The number of rotatable bonds is 7. The Kier molecular flexibility index (Phi) is 6.80. The number of aliphatic hydroxyl groups excluding tert-OH is 1. The van der Waals surface area contributed by atoms with Gasteiger partial charge in [0.2, 0.25) is 5.88 Å². The zero-order valence-corrected chi connectivity index (χ0v) is 21.3. The third-order valence-electron chi connectivity index (χ3n) is 6.97. The minimum Gasteiger partial charge on any atom is -0.481 e. The SMILES string of the molecule is COc1ccc(-c2ccnc3c2c(C(C)C)nn3-c2ccc(C(N)=O)c(NC3CCC(O)CC3)c2)cn1. The second-order valence-electron chi connectivity index (χ2n) is 9.84. The summed E-state index contributed by atoms with van der Waals surface area (Å²) in [7, 11) is 1.60. The molecule has 0 unspecified atom stereocenters. The van der Waals surface area contributed by atoms with Crippen LogP contribution in [0.4, 0.5) is 5.69 Å². The van der Waals surface area contributed by atoms with E-state index >= 15 is 0 Å². The molecule has 1 aliphatic rings. The molecule has 37 heavy (non-hydrogen) atoms. The first-order valence-corrected chi connectivity index (χ1v) is 12.6. The van der Waals surface area contributed by atoms with Crippen molar-refractivity contribution in [1.82, 2.24) is 19.7 Å². The van der Waals surface area contributed by atoms with E-state index in [1.165, 1.54) is 0 Å². The van der Waals surface area contributed by atoms with Crippen molar-refractivity contribution in [1.29, 1.82) is 0 Å². The predicted octanol–water partition coefficient (Wildman–Crippen LogP) is 4.43. The zero-order chi connectivity index (χ0) is 26.1. The maximum absolute atomic E-state index is 12.2. The van der Waals surface area contributed by atoms with Gasteiger partial charge in [-0.25, -0.2) is 14.6 Å². The summed E-state index contributed by atoms with van der Waals surface area (Å²) in [5, 5.41) is 19.3. The van der Waals surface area contributed by atoms with E-state index in [4.69, 9.17) is 20.6 Å². The summed E-state index contributed by atoms with van der Waals surface area (Å²) < 4.78 is 7.05. The van der Waals surface area contributed by atoms with Gasteiger partial charge in [-0.1, -0.05) is 13.8 Å². The predicted molar refractivity (Wildman–Crippen MR) is 143 cm³/mol. The lowest BCUT2D eigenvalue weighted by Gasteiger charge is -2.27. The van der Waals surface area contributed by atoms with Crippen LogP contribution in [0, 0.1) is 0 Å². The van der Waals surface area contributed by atoms with Gasteiger partial charge in [-0.2, -0.15) is 5.10 Å². The van der Waals surface area contributed by atoms with Crippen LogP contribution in [0.5, 0.6) is 5.88 Å². The number of ether oxygens (including phenoxy) is 1. The molecule has 5 rings (SSSR count). The van der Waals surface area contributed by atoms with E-state index in [0.29, 0.717) is 17.1 Å². The molecule has 4 aromatic rings. The van der Waals surface area contributed by atoms with Gasteiger partial charge < -0.3 is 20.9 Å². The number of pyridine rings is 2. The molecule has 0 spiro atoms. The average Bonchev–Trinajstić information content (AvgIpc) is 3.30. The molecule has 1 fully saturated rings. The summed E-state index contributed by atoms with van der Waals surface area (Å²) in [6.07, 6.45) is 6.43. The molecule has 192 valence electrons. The Bertz CT molecular complexity index is 1420. The molecule has 3 heterocycles. The molecule has 0 radical (unpaired) electrons. The molecule has 3 aromatic heterocycles. The van der Waals surface area contributed by atoms with Gasteiger partial charge in [0.05, 0.1) is 35.5 Å². The number of nitrogens with one attached hydrogen (secondary N) is 1. The van der Waals surface area contributed by atoms with E-state index in [-0.39, 0.29) is 18.1 Å². The van der Waals surface area contributed by atoms with Crippen molar-refractivity contribution in [2.75, 3.05) is 12.4 Å². The number of nitrogens with two attached hydrogens (primary N) is 1. The molecule has 0 aliphatic heterocycles. The van der Waals surface area contributed by atoms with Crippen molar-refractivity contribution in [3.05, 3.63) is 60.0 Å². The summed E-state index contributed by atoms with van der Waals surface area (Å²) in [6.45, 7) is 4.21. The van der Waals surface area contributed by atoms with Crippen LogP contribution in [0.2, 0.25) is 0 Å². The van der Waals surface area contributed by atoms with E-state index in [1.807, 2.05) is 35.0 Å². The number of anilines is 1. The molecule has 0 saturated heterocycles. The van der Waals surface area contributed by atoms with Crippen molar-refractivity contribution in [3.63, 3.8) is 0 Å². The number of aliphatic hydroxyl groups is 1. The monoisotopic (exact) mass is 500 g/mol. The second kappa shape index (κ2) is 10.2. The maximum Gasteiger partial charge on any atom is 0.250 e. The fourth-order valence-corrected chi connectivity index (χ4v) is 4.99. The minimum absolute atomic E-state index is 0.147. The highest BCUT2D eigenvalue weighted by Crippen LogP contribution is 2.35. The number of hydrogen-bond donors (Lipinski definition) is 3. The number of nitrogens with zero attached hydrogens (tertiary/aromatic N) is 4. The zero-order valence-electron chi connectivity index (χ0n) is 21.3. The molecule has 9 nitrogen and oxygen atoms in total. The first kappa shape index (κ1) is 24.7. The third kappa shape index (κ3) is 4.86. The van der Waals surface area contributed by atoms with Crippen molar-refractivity contribution in [2.24, 2.45) is 5.73 Å². The van der Waals surface area contributed by atoms with Crippen LogP contribution in [-0.4, -0.2) is 50.0 Å². The van der Waals surface area contributed by atoms with Crippen molar-refractivity contribution < 1.29 is 14.6 Å². The maximum atomic E-state index is 12.2. The Labute approximate surface area is 215 Å². The van der Waals surface area contributed by atoms with Gasteiger partial charge in [0.15, 0.2) is 5.65 Å². The number of amides is 1. The fraction of sp³-hybridized carbons (Fsp3) is 0.357. The first-order chi connectivity index (χ1) is 17.9. The van der Waals surface area contributed by atoms with Gasteiger partial charge in [0, 0.05) is 35.8 Å². The van der Waals surface area contributed by atoms with Gasteiger partial charge in [-0.05, 0) is 67.5 Å². The fourth-order valence-electron chi connectivity index (χ4n) is 4.99. The van der Waals surface area contributed by atoms with Gasteiger partial charge in [-0.3, -0.25) is 4.79 Å². The summed E-state index contributed by atoms with van der Waals surface area (Å²) in [6, 6.07) is 11.4. The Hall–Kier alpha value is -3.98. The smallest absolute Gasteiger partial charge is 0.250 e. The summed E-state index contributed by atoms with van der Waals surface area (Å²) in [4.78, 5) is 21.3. The number of carbonyl (C=O) groups is 1. The molecule has 1 aromatic carbocycles. The van der Waals surface area contributed by atoms with Crippen LogP contribution >= 0.6 is 0 Å². The number of aromatic nitrogens is 4. The van der Waals surface area contributed by atoms with Crippen LogP contribution < -0.4 is 15.8 Å². The van der Waals surface area contributed by atoms with Gasteiger partial charge in [-0.15, -0.1) is 0 Å². The molecule has 1 amide bonds. The van der Waals surface area contributed by atoms with Gasteiger partial charge >= 0.3 is 0 Å². The Balaban J connectivity index is 1.62. The molecule has 0 atom stereocenters. The number of fused-ring (bicyclic) bond motifs is 1. The topological polar surface area (TPSA) is 128 Å². The molecular weight excluding hydrogens is 468 g/mol. The van der Waals surface area contributed by atoms with Crippen LogP contribution in [0.15, 0.2) is 48.8 Å². The van der Waals surface area contributed by atoms with Crippen molar-refractivity contribution in [2.45, 2.75) is 57.6 Å². The Morgan fingerprint density at radius 3 is 2.57 bits per heavy atom. The van der Waals surface area contributed by atoms with Crippen molar-refractivity contribution in [3.8, 4) is 22.7 Å². The quantitative estimate of drug-likeness (QED) is 0.342. The number of hydrogen-bond acceptors (Lipinski definition) is 7.